The quantitative estimate of drug-likeness (QED) is 0.139. The number of piperidine rings is 1. The molecule has 3 aliphatic carbocycles. The number of allylic oxidation sites excluding steroid dienone is 2. The summed E-state index contributed by atoms with van der Waals surface area (Å²) in [5.74, 6) is 0.223. The molecule has 0 bridgehead atoms. The van der Waals surface area contributed by atoms with E-state index in [2.05, 4.69) is 30.8 Å². The van der Waals surface area contributed by atoms with E-state index in [9.17, 15) is 26.7 Å². The van der Waals surface area contributed by atoms with Crippen LogP contribution in [0.1, 0.15) is 78.2 Å². The number of benzene rings is 1. The van der Waals surface area contributed by atoms with E-state index in [1.807, 2.05) is 6.07 Å². The minimum Gasteiger partial charge on any atom is -0.434 e. The molecule has 3 fully saturated rings. The molecule has 3 aromatic heterocycles. The molecule has 0 atom stereocenters. The molecule has 48 heavy (non-hydrogen) atoms. The standard InChI is InChI=1S/C34H30F5N5O3S/c35-32(36)46-27-14-26(31(45)43-48-21-4-5-21)41-25-6-3-20(13-22(25)27)44-11-8-33(9-12-44)15-19(16-33)28-29(42-47-30(28)18-1-2-18)23-17-40-10-7-24(23)34(37,38)39/h3,6-7,10,13-15,17-18,21,32H,1-2,4-5,8-9,11-12,16H2,(H,43,45). The molecule has 2 saturated carbocycles. The lowest BCUT2D eigenvalue weighted by molar-refractivity contribution is -0.137. The Balaban J connectivity index is 1.02. The van der Waals surface area contributed by atoms with Crippen LogP contribution < -0.4 is 14.4 Å². The predicted octanol–water partition coefficient (Wildman–Crippen LogP) is 8.40. The van der Waals surface area contributed by atoms with Gasteiger partial charge in [-0.1, -0.05) is 11.2 Å². The summed E-state index contributed by atoms with van der Waals surface area (Å²) >= 11 is 1.31. The Morgan fingerprint density at radius 2 is 1.88 bits per heavy atom. The van der Waals surface area contributed by atoms with E-state index in [4.69, 9.17) is 9.26 Å². The highest BCUT2D eigenvalue weighted by Crippen LogP contribution is 2.56. The number of nitrogens with zero attached hydrogens (tertiary/aromatic N) is 4. The van der Waals surface area contributed by atoms with Crippen molar-refractivity contribution in [1.29, 1.82) is 0 Å². The Hall–Kier alpha value is -4.20. The summed E-state index contributed by atoms with van der Waals surface area (Å²) in [6, 6.07) is 7.55. The maximum absolute atomic E-state index is 13.9. The second-order valence-electron chi connectivity index (χ2n) is 13.0. The number of fused-ring (bicyclic) bond motifs is 1. The molecule has 1 aromatic carbocycles. The van der Waals surface area contributed by atoms with Crippen LogP contribution in [0.5, 0.6) is 5.75 Å². The third kappa shape index (κ3) is 5.99. The van der Waals surface area contributed by atoms with Crippen molar-refractivity contribution in [3.05, 3.63) is 71.4 Å². The van der Waals surface area contributed by atoms with Crippen LogP contribution in [0.15, 0.2) is 53.3 Å². The van der Waals surface area contributed by atoms with Gasteiger partial charge in [0.25, 0.3) is 5.91 Å². The zero-order chi connectivity index (χ0) is 33.2. The summed E-state index contributed by atoms with van der Waals surface area (Å²) in [6.07, 6.45) is 6.09. The van der Waals surface area contributed by atoms with Gasteiger partial charge >= 0.3 is 12.8 Å². The predicted molar refractivity (Wildman–Crippen MR) is 170 cm³/mol. The van der Waals surface area contributed by atoms with Gasteiger partial charge < -0.3 is 14.2 Å². The van der Waals surface area contributed by atoms with Crippen molar-refractivity contribution in [2.24, 2.45) is 5.41 Å². The molecular formula is C34H30F5N5O3S. The Morgan fingerprint density at radius 1 is 1.10 bits per heavy atom. The fourth-order valence-electron chi connectivity index (χ4n) is 6.73. The minimum atomic E-state index is -4.56. The number of halogens is 5. The molecule has 8 nitrogen and oxygen atoms in total. The first-order chi connectivity index (χ1) is 23.1. The molecule has 1 aliphatic heterocycles. The first-order valence-electron chi connectivity index (χ1n) is 15.9. The van der Waals surface area contributed by atoms with Gasteiger partial charge in [0.1, 0.15) is 22.9 Å². The number of pyridine rings is 2. The zero-order valence-corrected chi connectivity index (χ0v) is 26.3. The van der Waals surface area contributed by atoms with Gasteiger partial charge in [-0.3, -0.25) is 14.5 Å². The van der Waals surface area contributed by atoms with Gasteiger partial charge in [-0.2, -0.15) is 22.0 Å². The minimum absolute atomic E-state index is 0.00511. The number of carbonyl (C=O) groups is 1. The molecular weight excluding hydrogens is 653 g/mol. The number of hydrogen-bond acceptors (Lipinski definition) is 8. The number of anilines is 1. The van der Waals surface area contributed by atoms with Crippen molar-refractivity contribution in [2.75, 3.05) is 18.0 Å². The number of aromatic nitrogens is 3. The maximum atomic E-state index is 13.9. The highest BCUT2D eigenvalue weighted by molar-refractivity contribution is 7.98. The number of carbonyl (C=O) groups excluding carboxylic acids is 1. The van der Waals surface area contributed by atoms with Crippen LogP contribution >= 0.6 is 11.9 Å². The van der Waals surface area contributed by atoms with Gasteiger partial charge in [-0.15, -0.1) is 0 Å². The largest absolute Gasteiger partial charge is 0.434 e. The summed E-state index contributed by atoms with van der Waals surface area (Å²) in [5.41, 5.74) is 1.99. The summed E-state index contributed by atoms with van der Waals surface area (Å²) in [6.45, 7) is -1.71. The lowest BCUT2D eigenvalue weighted by Crippen LogP contribution is -2.42. The Morgan fingerprint density at radius 3 is 2.56 bits per heavy atom. The number of amides is 1. The molecule has 4 aromatic rings. The van der Waals surface area contributed by atoms with Gasteiger partial charge in [0.05, 0.1) is 11.1 Å². The van der Waals surface area contributed by atoms with E-state index in [1.54, 1.807) is 12.1 Å². The van der Waals surface area contributed by atoms with E-state index in [1.165, 1.54) is 24.2 Å². The summed E-state index contributed by atoms with van der Waals surface area (Å²) in [4.78, 5) is 23.2. The first-order valence-corrected chi connectivity index (χ1v) is 16.8. The monoisotopic (exact) mass is 683 g/mol. The smallest absolute Gasteiger partial charge is 0.417 e. The maximum Gasteiger partial charge on any atom is 0.417 e. The van der Waals surface area contributed by atoms with E-state index in [-0.39, 0.29) is 34.0 Å². The Labute approximate surface area is 276 Å². The zero-order valence-electron chi connectivity index (χ0n) is 25.5. The third-order valence-corrected chi connectivity index (χ3v) is 10.7. The van der Waals surface area contributed by atoms with E-state index in [0.717, 1.165) is 62.0 Å². The second-order valence-corrected chi connectivity index (χ2v) is 14.1. The number of alkyl halides is 5. The van der Waals surface area contributed by atoms with Crippen LogP contribution in [-0.4, -0.2) is 46.0 Å². The van der Waals surface area contributed by atoms with Crippen molar-refractivity contribution in [3.63, 3.8) is 0 Å². The Kier molecular flexibility index (Phi) is 7.61. The SMILES string of the molecule is O=C(NSC1CC1)c1cc(OC(F)F)c2cc(N3CCC4(C=C(c5c(-c6cnccc6C(F)(F)F)noc5C5CC5)C4)CC3)ccc2n1. The van der Waals surface area contributed by atoms with E-state index in [0.29, 0.717) is 47.0 Å². The van der Waals surface area contributed by atoms with Crippen LogP contribution in [0.2, 0.25) is 0 Å². The van der Waals surface area contributed by atoms with Crippen molar-refractivity contribution in [3.8, 4) is 17.0 Å². The molecule has 1 amide bonds. The lowest BCUT2D eigenvalue weighted by Gasteiger charge is -2.47. The number of hydrogen-bond donors (Lipinski definition) is 1. The molecule has 4 heterocycles. The normalized spacial score (nSPS) is 19.0. The van der Waals surface area contributed by atoms with Crippen LogP contribution in [0.3, 0.4) is 0 Å². The number of ether oxygens (including phenoxy) is 1. The molecule has 1 spiro atoms. The van der Waals surface area contributed by atoms with Crippen molar-refractivity contribution in [1.82, 2.24) is 19.8 Å². The summed E-state index contributed by atoms with van der Waals surface area (Å²) in [5, 5.41) is 4.90. The molecule has 1 N–H and O–H groups in total. The number of nitrogens with one attached hydrogen (secondary N) is 1. The third-order valence-electron chi connectivity index (χ3n) is 9.56. The van der Waals surface area contributed by atoms with Gasteiger partial charge in [-0.05, 0) is 92.1 Å². The highest BCUT2D eigenvalue weighted by Gasteiger charge is 2.45. The van der Waals surface area contributed by atoms with Crippen LogP contribution in [0, 0.1) is 5.41 Å². The van der Waals surface area contributed by atoms with Gasteiger partial charge in [0.15, 0.2) is 0 Å². The fraction of sp³-hybridized carbons (Fsp3) is 0.412. The van der Waals surface area contributed by atoms with Crippen LogP contribution in [0.25, 0.3) is 27.7 Å². The summed E-state index contributed by atoms with van der Waals surface area (Å²) < 4.78 is 81.8. The van der Waals surface area contributed by atoms with Crippen molar-refractivity contribution < 1.29 is 36.0 Å². The molecule has 0 unspecified atom stereocenters. The summed E-state index contributed by atoms with van der Waals surface area (Å²) in [7, 11) is 0. The van der Waals surface area contributed by atoms with Crippen LogP contribution in [0.4, 0.5) is 27.6 Å². The van der Waals surface area contributed by atoms with Crippen LogP contribution in [-0.2, 0) is 6.18 Å². The first kappa shape index (κ1) is 31.1. The topological polar surface area (TPSA) is 93.4 Å². The average molecular weight is 684 g/mol. The Bertz CT molecular complexity index is 1930. The van der Waals surface area contributed by atoms with Crippen molar-refractivity contribution in [2.45, 2.75) is 68.9 Å². The molecule has 14 heteroatoms. The van der Waals surface area contributed by atoms with E-state index < -0.39 is 24.3 Å². The molecule has 1 saturated heterocycles. The highest BCUT2D eigenvalue weighted by atomic mass is 32.2. The van der Waals surface area contributed by atoms with Gasteiger partial charge in [-0.25, -0.2) is 4.98 Å². The fourth-order valence-corrected chi connectivity index (χ4v) is 7.48. The average Bonchev–Trinajstić information content (AvgIpc) is 4.00. The molecule has 250 valence electrons. The second kappa shape index (κ2) is 11.7. The van der Waals surface area contributed by atoms with Crippen molar-refractivity contribution >= 4 is 40.0 Å². The van der Waals surface area contributed by atoms with Gasteiger partial charge in [0.2, 0.25) is 0 Å². The van der Waals surface area contributed by atoms with Gasteiger partial charge in [0, 0.05) is 64.9 Å². The lowest BCUT2D eigenvalue weighted by atomic mass is 9.63. The molecule has 8 rings (SSSR count). The molecule has 0 radical (unpaired) electrons. The number of rotatable bonds is 9. The van der Waals surface area contributed by atoms with E-state index >= 15 is 0 Å². The molecule has 4 aliphatic rings.